The fourth-order valence-corrected chi connectivity index (χ4v) is 4.52. The van der Waals surface area contributed by atoms with Gasteiger partial charge in [0.1, 0.15) is 5.75 Å². The Labute approximate surface area is 218 Å². The summed E-state index contributed by atoms with van der Waals surface area (Å²) in [5.74, 6) is 0.334. The highest BCUT2D eigenvalue weighted by Crippen LogP contribution is 2.33. The van der Waals surface area contributed by atoms with Crippen molar-refractivity contribution in [1.29, 1.82) is 0 Å². The van der Waals surface area contributed by atoms with E-state index in [-0.39, 0.29) is 5.91 Å². The van der Waals surface area contributed by atoms with Crippen molar-refractivity contribution in [3.63, 3.8) is 0 Å². The maximum Gasteiger partial charge on any atom is 0.416 e. The predicted molar refractivity (Wildman–Crippen MR) is 144 cm³/mol. The van der Waals surface area contributed by atoms with E-state index in [1.807, 2.05) is 37.4 Å². The monoisotopic (exact) mass is 514 g/mol. The summed E-state index contributed by atoms with van der Waals surface area (Å²) in [7, 11) is 0. The second-order valence-corrected chi connectivity index (χ2v) is 9.01. The van der Waals surface area contributed by atoms with Crippen molar-refractivity contribution in [2.75, 3.05) is 11.9 Å². The first-order valence-electron chi connectivity index (χ1n) is 12.2. The lowest BCUT2D eigenvalue weighted by Gasteiger charge is -2.14. The van der Waals surface area contributed by atoms with Crippen LogP contribution in [0.25, 0.3) is 22.0 Å². The molecule has 0 radical (unpaired) electrons. The molecule has 0 aliphatic heterocycles. The van der Waals surface area contributed by atoms with Crippen molar-refractivity contribution in [3.8, 4) is 16.9 Å². The molecule has 5 aromatic rings. The quantitative estimate of drug-likeness (QED) is 0.231. The zero-order valence-corrected chi connectivity index (χ0v) is 20.6. The van der Waals surface area contributed by atoms with Gasteiger partial charge in [-0.15, -0.1) is 0 Å². The number of aryl methyl sites for hydroxylation is 1. The smallest absolute Gasteiger partial charge is 0.416 e. The van der Waals surface area contributed by atoms with Crippen molar-refractivity contribution in [2.45, 2.75) is 19.5 Å². The molecule has 1 aromatic heterocycles. The summed E-state index contributed by atoms with van der Waals surface area (Å²) in [5, 5.41) is 4.06. The van der Waals surface area contributed by atoms with Crippen LogP contribution in [0.3, 0.4) is 0 Å². The summed E-state index contributed by atoms with van der Waals surface area (Å²) in [6.07, 6.45) is -1.67. The zero-order chi connectivity index (χ0) is 26.7. The number of carbonyl (C=O) groups excluding carboxylic acids is 1. The van der Waals surface area contributed by atoms with Crippen LogP contribution in [0.1, 0.15) is 27.0 Å². The zero-order valence-electron chi connectivity index (χ0n) is 20.6. The van der Waals surface area contributed by atoms with E-state index in [1.54, 1.807) is 36.4 Å². The highest BCUT2D eigenvalue weighted by atomic mass is 19.4. The minimum atomic E-state index is -4.42. The van der Waals surface area contributed by atoms with Gasteiger partial charge in [-0.1, -0.05) is 42.5 Å². The number of H-pyrrole nitrogens is 1. The summed E-state index contributed by atoms with van der Waals surface area (Å²) >= 11 is 0. The minimum Gasteiger partial charge on any atom is -0.493 e. The van der Waals surface area contributed by atoms with E-state index >= 15 is 0 Å². The second-order valence-electron chi connectivity index (χ2n) is 9.01. The Hall–Kier alpha value is -4.52. The Bertz CT molecular complexity index is 1570. The van der Waals surface area contributed by atoms with E-state index in [9.17, 15) is 18.0 Å². The number of halogens is 3. The maximum absolute atomic E-state index is 13.2. The maximum atomic E-state index is 13.2. The summed E-state index contributed by atoms with van der Waals surface area (Å²) < 4.78 is 44.9. The molecule has 0 aliphatic carbocycles. The van der Waals surface area contributed by atoms with Gasteiger partial charge in [0.25, 0.3) is 5.91 Å². The molecule has 0 saturated carbocycles. The van der Waals surface area contributed by atoms with Gasteiger partial charge >= 0.3 is 6.18 Å². The summed E-state index contributed by atoms with van der Waals surface area (Å²) in [6.45, 7) is 2.33. The van der Waals surface area contributed by atoms with Crippen LogP contribution >= 0.6 is 0 Å². The van der Waals surface area contributed by atoms with Crippen LogP contribution in [0, 0.1) is 6.92 Å². The van der Waals surface area contributed by atoms with Crippen LogP contribution in [0.4, 0.5) is 18.9 Å². The van der Waals surface area contributed by atoms with Crippen LogP contribution in [0.2, 0.25) is 0 Å². The molecule has 7 heteroatoms. The van der Waals surface area contributed by atoms with Gasteiger partial charge in [-0.3, -0.25) is 4.79 Å². The molecule has 1 amide bonds. The van der Waals surface area contributed by atoms with Gasteiger partial charge in [-0.25, -0.2) is 0 Å². The topological polar surface area (TPSA) is 54.1 Å². The molecule has 0 saturated heterocycles. The van der Waals surface area contributed by atoms with Crippen molar-refractivity contribution in [2.24, 2.45) is 0 Å². The van der Waals surface area contributed by atoms with Crippen molar-refractivity contribution in [1.82, 2.24) is 4.98 Å². The number of alkyl halides is 3. The van der Waals surface area contributed by atoms with Gasteiger partial charge in [0.15, 0.2) is 0 Å². The number of aromatic nitrogens is 1. The molecule has 0 unspecified atom stereocenters. The van der Waals surface area contributed by atoms with Crippen LogP contribution < -0.4 is 10.1 Å². The van der Waals surface area contributed by atoms with Gasteiger partial charge in [-0.2, -0.15) is 13.2 Å². The van der Waals surface area contributed by atoms with Gasteiger partial charge in [0.2, 0.25) is 0 Å². The standard InChI is InChI=1S/C31H25F3N2O2/c1-20-5-4-7-27(29(20)21-9-11-23(12-10-21)31(32,33)34)30(37)36-24-13-15-25(16-14-24)38-18-17-22-19-35-28-8-3-2-6-26(22)28/h2-16,19,35H,17-18H2,1H3,(H,36,37). The Morgan fingerprint density at radius 2 is 1.63 bits per heavy atom. The van der Waals surface area contributed by atoms with Gasteiger partial charge < -0.3 is 15.0 Å². The molecule has 0 fully saturated rings. The average molecular weight is 515 g/mol. The number of para-hydroxylation sites is 1. The Morgan fingerprint density at radius 1 is 0.895 bits per heavy atom. The third-order valence-corrected chi connectivity index (χ3v) is 6.45. The normalized spacial score (nSPS) is 11.5. The second kappa shape index (κ2) is 10.5. The summed E-state index contributed by atoms with van der Waals surface area (Å²) in [5.41, 5.74) is 4.43. The number of anilines is 1. The fraction of sp³-hybridized carbons (Fsp3) is 0.129. The number of rotatable bonds is 7. The molecule has 192 valence electrons. The lowest BCUT2D eigenvalue weighted by atomic mass is 9.94. The lowest BCUT2D eigenvalue weighted by molar-refractivity contribution is -0.137. The third kappa shape index (κ3) is 5.42. The van der Waals surface area contributed by atoms with Crippen molar-refractivity contribution in [3.05, 3.63) is 119 Å². The SMILES string of the molecule is Cc1cccc(C(=O)Nc2ccc(OCCc3c[nH]c4ccccc34)cc2)c1-c1ccc(C(F)(F)F)cc1. The van der Waals surface area contributed by atoms with Gasteiger partial charge in [0, 0.05) is 34.8 Å². The largest absolute Gasteiger partial charge is 0.493 e. The van der Waals surface area contributed by atoms with Crippen molar-refractivity contribution < 1.29 is 22.7 Å². The molecule has 4 aromatic carbocycles. The Morgan fingerprint density at radius 3 is 2.37 bits per heavy atom. The van der Waals surface area contributed by atoms with Crippen LogP contribution in [0.15, 0.2) is 97.2 Å². The molecule has 0 spiro atoms. The molecular weight excluding hydrogens is 489 g/mol. The number of hydrogen-bond donors (Lipinski definition) is 2. The highest BCUT2D eigenvalue weighted by Gasteiger charge is 2.30. The Balaban J connectivity index is 1.25. The molecule has 2 N–H and O–H groups in total. The van der Waals surface area contributed by atoms with Crippen LogP contribution in [0.5, 0.6) is 5.75 Å². The first-order chi connectivity index (χ1) is 18.3. The predicted octanol–water partition coefficient (Wildman–Crippen LogP) is 8.04. The number of carbonyl (C=O) groups is 1. The van der Waals surface area contributed by atoms with E-state index in [2.05, 4.69) is 16.4 Å². The van der Waals surface area contributed by atoms with Gasteiger partial charge in [-0.05, 0) is 77.7 Å². The molecule has 0 atom stereocenters. The van der Waals surface area contributed by atoms with Crippen LogP contribution in [-0.2, 0) is 12.6 Å². The fourth-order valence-electron chi connectivity index (χ4n) is 4.52. The summed E-state index contributed by atoms with van der Waals surface area (Å²) in [6, 6.07) is 25.3. The summed E-state index contributed by atoms with van der Waals surface area (Å²) in [4.78, 5) is 16.4. The lowest BCUT2D eigenvalue weighted by Crippen LogP contribution is -2.14. The molecule has 5 rings (SSSR count). The number of aromatic amines is 1. The highest BCUT2D eigenvalue weighted by molar-refractivity contribution is 6.09. The number of nitrogens with one attached hydrogen (secondary N) is 2. The third-order valence-electron chi connectivity index (χ3n) is 6.45. The molecular formula is C31H25F3N2O2. The van der Waals surface area contributed by atoms with Gasteiger partial charge in [0.05, 0.1) is 12.2 Å². The number of benzene rings is 4. The van der Waals surface area contributed by atoms with E-state index in [0.29, 0.717) is 34.7 Å². The van der Waals surface area contributed by atoms with Crippen molar-refractivity contribution >= 4 is 22.5 Å². The van der Waals surface area contributed by atoms with E-state index in [0.717, 1.165) is 29.6 Å². The molecule has 1 heterocycles. The number of ether oxygens (including phenoxy) is 1. The van der Waals surface area contributed by atoms with Crippen LogP contribution in [-0.4, -0.2) is 17.5 Å². The molecule has 0 bridgehead atoms. The number of amides is 1. The number of fused-ring (bicyclic) bond motifs is 1. The Kier molecular flexibility index (Phi) is 6.92. The number of hydrogen-bond acceptors (Lipinski definition) is 2. The first-order valence-corrected chi connectivity index (χ1v) is 12.2. The van der Waals surface area contributed by atoms with E-state index in [4.69, 9.17) is 4.74 Å². The molecule has 38 heavy (non-hydrogen) atoms. The molecule has 4 nitrogen and oxygen atoms in total. The first kappa shape index (κ1) is 25.1. The van der Waals surface area contributed by atoms with E-state index in [1.165, 1.54) is 23.1 Å². The molecule has 0 aliphatic rings. The minimum absolute atomic E-state index is 0.350. The van der Waals surface area contributed by atoms with E-state index < -0.39 is 11.7 Å². The average Bonchev–Trinajstić information content (AvgIpc) is 3.32.